The number of carboxylic acids is 1. The summed E-state index contributed by atoms with van der Waals surface area (Å²) in [6.07, 6.45) is 2.09. The van der Waals surface area contributed by atoms with Crippen molar-refractivity contribution in [1.82, 2.24) is 4.98 Å². The quantitative estimate of drug-likeness (QED) is 0.565. The average Bonchev–Trinajstić information content (AvgIpc) is 3.21. The average molecular weight is 381 g/mol. The van der Waals surface area contributed by atoms with Crippen molar-refractivity contribution >= 4 is 11.9 Å². The smallest absolute Gasteiger partial charge is 0.327 e. The molecule has 1 fully saturated rings. The molecule has 0 radical (unpaired) electrons. The number of carboxylic acid groups (broad SMARTS) is 1. The summed E-state index contributed by atoms with van der Waals surface area (Å²) in [4.78, 5) is 27.7. The number of hydrogen-bond donors (Lipinski definition) is 1. The molecule has 1 aromatic carbocycles. The third-order valence-electron chi connectivity index (χ3n) is 5.03. The highest BCUT2D eigenvalue weighted by atomic mass is 16.5. The summed E-state index contributed by atoms with van der Waals surface area (Å²) in [5.41, 5.74) is 0.256. The highest BCUT2D eigenvalue weighted by Crippen LogP contribution is 2.59. The minimum atomic E-state index is -1.03. The Hall–Kier alpha value is -3.15. The number of allylic oxidation sites excluding steroid dienone is 1. The lowest BCUT2D eigenvalue weighted by atomic mass is 10.1. The first kappa shape index (κ1) is 19.6. The number of carbonyl (C=O) groups excluding carboxylic acids is 1. The van der Waals surface area contributed by atoms with Crippen molar-refractivity contribution in [2.24, 2.45) is 17.3 Å². The van der Waals surface area contributed by atoms with Gasteiger partial charge >= 0.3 is 11.9 Å². The molecule has 2 aromatic rings. The van der Waals surface area contributed by atoms with E-state index in [4.69, 9.17) is 14.6 Å². The van der Waals surface area contributed by atoms with E-state index < -0.39 is 12.1 Å². The standard InChI is InChI=1S/C22H23NO5/c1-14(27-21(26)20-16(22(20,2)3)12-13-19(24)25)17-10-7-11-18(23-17)28-15-8-5-4-6-9-15/h4-14,16,20H,1-3H3,(H,24,25)/t14?,16-,20-/m0/s1. The monoisotopic (exact) mass is 381 g/mol. The first-order valence-corrected chi connectivity index (χ1v) is 9.10. The minimum absolute atomic E-state index is 0.149. The number of nitrogens with zero attached hydrogens (tertiary/aromatic N) is 1. The zero-order valence-electron chi connectivity index (χ0n) is 16.0. The van der Waals surface area contributed by atoms with Crippen molar-refractivity contribution in [3.63, 3.8) is 0 Å². The molecule has 146 valence electrons. The van der Waals surface area contributed by atoms with E-state index in [1.165, 1.54) is 0 Å². The van der Waals surface area contributed by atoms with Gasteiger partial charge in [-0.05, 0) is 36.5 Å². The Morgan fingerprint density at radius 1 is 1.14 bits per heavy atom. The summed E-state index contributed by atoms with van der Waals surface area (Å²) >= 11 is 0. The van der Waals surface area contributed by atoms with Crippen molar-refractivity contribution in [3.8, 4) is 11.6 Å². The van der Waals surface area contributed by atoms with E-state index in [1.807, 2.05) is 44.2 Å². The van der Waals surface area contributed by atoms with E-state index in [1.54, 1.807) is 31.2 Å². The molecule has 1 heterocycles. The molecule has 0 saturated heterocycles. The molecule has 1 N–H and O–H groups in total. The van der Waals surface area contributed by atoms with Crippen LogP contribution >= 0.6 is 0 Å². The number of aromatic nitrogens is 1. The Kier molecular flexibility index (Phi) is 5.49. The molecule has 1 unspecified atom stereocenters. The highest BCUT2D eigenvalue weighted by molar-refractivity contribution is 5.82. The Morgan fingerprint density at radius 2 is 1.86 bits per heavy atom. The number of ether oxygens (including phenoxy) is 2. The van der Waals surface area contributed by atoms with Gasteiger partial charge in [-0.15, -0.1) is 0 Å². The van der Waals surface area contributed by atoms with Crippen LogP contribution in [0.2, 0.25) is 0 Å². The van der Waals surface area contributed by atoms with Gasteiger partial charge in [-0.25, -0.2) is 9.78 Å². The Labute approximate surface area is 163 Å². The van der Waals surface area contributed by atoms with Crippen LogP contribution in [0.15, 0.2) is 60.7 Å². The van der Waals surface area contributed by atoms with Gasteiger partial charge in [0.1, 0.15) is 11.9 Å². The van der Waals surface area contributed by atoms with E-state index >= 15 is 0 Å². The van der Waals surface area contributed by atoms with Crippen LogP contribution in [0, 0.1) is 17.3 Å². The third-order valence-corrected chi connectivity index (χ3v) is 5.03. The van der Waals surface area contributed by atoms with Crippen molar-refractivity contribution in [1.29, 1.82) is 0 Å². The molecule has 1 aliphatic rings. The van der Waals surface area contributed by atoms with Gasteiger partial charge in [0, 0.05) is 12.1 Å². The summed E-state index contributed by atoms with van der Waals surface area (Å²) < 4.78 is 11.3. The Balaban J connectivity index is 1.65. The molecule has 0 bridgehead atoms. The van der Waals surface area contributed by atoms with Gasteiger partial charge in [0.25, 0.3) is 0 Å². The van der Waals surface area contributed by atoms with Gasteiger partial charge in [0.2, 0.25) is 5.88 Å². The maximum Gasteiger partial charge on any atom is 0.327 e. The molecule has 6 heteroatoms. The number of esters is 1. The lowest BCUT2D eigenvalue weighted by molar-refractivity contribution is -0.151. The molecule has 0 aliphatic heterocycles. The van der Waals surface area contributed by atoms with Crippen LogP contribution in [0.5, 0.6) is 11.6 Å². The number of para-hydroxylation sites is 1. The number of hydrogen-bond acceptors (Lipinski definition) is 5. The first-order valence-electron chi connectivity index (χ1n) is 9.10. The zero-order chi connectivity index (χ0) is 20.3. The Bertz CT molecular complexity index is 891. The van der Waals surface area contributed by atoms with Gasteiger partial charge < -0.3 is 14.6 Å². The fourth-order valence-electron chi connectivity index (χ4n) is 3.30. The largest absolute Gasteiger partial charge is 0.478 e. The highest BCUT2D eigenvalue weighted by Gasteiger charge is 2.61. The summed E-state index contributed by atoms with van der Waals surface area (Å²) in [7, 11) is 0. The van der Waals surface area contributed by atoms with Crippen molar-refractivity contribution in [2.45, 2.75) is 26.9 Å². The number of pyridine rings is 1. The number of aliphatic carboxylic acids is 1. The SMILES string of the molecule is CC(OC(=O)[C@@H]1[C@H](C=CC(=O)O)C1(C)C)c1cccc(Oc2ccccc2)n1. The van der Waals surface area contributed by atoms with Gasteiger partial charge in [-0.1, -0.05) is 44.2 Å². The molecular weight excluding hydrogens is 358 g/mol. The predicted molar refractivity (Wildman–Crippen MR) is 103 cm³/mol. The fraction of sp³-hybridized carbons (Fsp3) is 0.318. The maximum atomic E-state index is 12.6. The van der Waals surface area contributed by atoms with Gasteiger partial charge in [0.05, 0.1) is 11.6 Å². The molecule has 28 heavy (non-hydrogen) atoms. The van der Waals surface area contributed by atoms with Crippen LogP contribution in [0.1, 0.15) is 32.6 Å². The minimum Gasteiger partial charge on any atom is -0.478 e. The second-order valence-corrected chi connectivity index (χ2v) is 7.42. The normalized spacial score (nSPS) is 21.1. The van der Waals surface area contributed by atoms with Crippen molar-refractivity contribution < 1.29 is 24.2 Å². The van der Waals surface area contributed by atoms with Crippen LogP contribution in [-0.4, -0.2) is 22.0 Å². The molecule has 0 spiro atoms. The summed E-state index contributed by atoms with van der Waals surface area (Å²) in [6.45, 7) is 5.60. The predicted octanol–water partition coefficient (Wildman–Crippen LogP) is 4.39. The first-order chi connectivity index (χ1) is 13.3. The van der Waals surface area contributed by atoms with Crippen LogP contribution in [0.25, 0.3) is 0 Å². The van der Waals surface area contributed by atoms with Gasteiger partial charge in [-0.2, -0.15) is 0 Å². The van der Waals surface area contributed by atoms with Gasteiger partial charge in [0.15, 0.2) is 0 Å². The molecule has 1 aliphatic carbocycles. The van der Waals surface area contributed by atoms with E-state index in [0.717, 1.165) is 6.08 Å². The molecule has 1 saturated carbocycles. The molecule has 1 aromatic heterocycles. The number of rotatable bonds is 7. The summed E-state index contributed by atoms with van der Waals surface area (Å²) in [5, 5.41) is 8.79. The zero-order valence-corrected chi connectivity index (χ0v) is 16.0. The van der Waals surface area contributed by atoms with Crippen LogP contribution in [0.3, 0.4) is 0 Å². The molecule has 3 atom stereocenters. The topological polar surface area (TPSA) is 85.7 Å². The van der Waals surface area contributed by atoms with Crippen LogP contribution < -0.4 is 4.74 Å². The summed E-state index contributed by atoms with van der Waals surface area (Å²) in [5.74, 6) is -0.806. The third kappa shape index (κ3) is 4.39. The van der Waals surface area contributed by atoms with Crippen LogP contribution in [-0.2, 0) is 14.3 Å². The van der Waals surface area contributed by atoms with Gasteiger partial charge in [-0.3, -0.25) is 4.79 Å². The van der Waals surface area contributed by atoms with E-state index in [9.17, 15) is 9.59 Å². The lowest BCUT2D eigenvalue weighted by Crippen LogP contribution is -2.14. The fourth-order valence-corrected chi connectivity index (χ4v) is 3.30. The molecule has 6 nitrogen and oxygen atoms in total. The van der Waals surface area contributed by atoms with E-state index in [-0.39, 0.29) is 23.2 Å². The van der Waals surface area contributed by atoms with E-state index in [0.29, 0.717) is 17.3 Å². The second kappa shape index (κ2) is 7.84. The molecular formula is C22H23NO5. The Morgan fingerprint density at radius 3 is 2.54 bits per heavy atom. The van der Waals surface area contributed by atoms with Crippen molar-refractivity contribution in [3.05, 3.63) is 66.4 Å². The van der Waals surface area contributed by atoms with Crippen molar-refractivity contribution in [2.75, 3.05) is 0 Å². The van der Waals surface area contributed by atoms with E-state index in [2.05, 4.69) is 4.98 Å². The summed E-state index contributed by atoms with van der Waals surface area (Å²) in [6, 6.07) is 14.6. The maximum absolute atomic E-state index is 12.6. The van der Waals surface area contributed by atoms with Crippen LogP contribution in [0.4, 0.5) is 0 Å². The number of carbonyl (C=O) groups is 2. The number of benzene rings is 1. The lowest BCUT2D eigenvalue weighted by Gasteiger charge is -2.14. The second-order valence-electron chi connectivity index (χ2n) is 7.42. The molecule has 0 amide bonds. The molecule has 3 rings (SSSR count).